The Morgan fingerprint density at radius 3 is 2.06 bits per heavy atom. The maximum absolute atomic E-state index is 5.43. The summed E-state index contributed by atoms with van der Waals surface area (Å²) in [4.78, 5) is 5.43. The van der Waals surface area contributed by atoms with E-state index < -0.39 is 0 Å². The smallest absolute Gasteiger partial charge is 0.142 e. The second-order valence-electron chi connectivity index (χ2n) is 5.08. The van der Waals surface area contributed by atoms with Gasteiger partial charge in [-0.25, -0.2) is 0 Å². The molecule has 0 spiro atoms. The molecule has 94 valence electrons. The van der Waals surface area contributed by atoms with Crippen LogP contribution in [0.15, 0.2) is 29.4 Å². The van der Waals surface area contributed by atoms with Crippen LogP contribution >= 0.6 is 0 Å². The fourth-order valence-electron chi connectivity index (χ4n) is 1.74. The molecule has 2 heteroatoms. The van der Waals surface area contributed by atoms with Crippen LogP contribution in [0, 0.1) is 18.8 Å². The Morgan fingerprint density at radius 1 is 1.06 bits per heavy atom. The van der Waals surface area contributed by atoms with Gasteiger partial charge in [0.2, 0.25) is 0 Å². The zero-order valence-corrected chi connectivity index (χ0v) is 11.5. The lowest BCUT2D eigenvalue weighted by atomic mass is 9.98. The molecular formula is C15H23NO. The van der Waals surface area contributed by atoms with Gasteiger partial charge in [-0.05, 0) is 24.3 Å². The number of oxime groups is 1. The molecule has 2 nitrogen and oxygen atoms in total. The van der Waals surface area contributed by atoms with Crippen LogP contribution in [0.2, 0.25) is 0 Å². The van der Waals surface area contributed by atoms with E-state index in [0.29, 0.717) is 18.4 Å². The third-order valence-electron chi connectivity index (χ3n) is 2.70. The van der Waals surface area contributed by atoms with E-state index in [9.17, 15) is 0 Å². The van der Waals surface area contributed by atoms with E-state index in [1.807, 2.05) is 0 Å². The Kier molecular flexibility index (Phi) is 5.20. The Bertz CT molecular complexity index is 353. The summed E-state index contributed by atoms with van der Waals surface area (Å²) in [6.45, 7) is 11.2. The van der Waals surface area contributed by atoms with Gasteiger partial charge in [0.1, 0.15) is 6.61 Å². The topological polar surface area (TPSA) is 21.6 Å². The quantitative estimate of drug-likeness (QED) is 0.552. The van der Waals surface area contributed by atoms with Crippen molar-refractivity contribution in [3.05, 3.63) is 35.4 Å². The molecule has 0 heterocycles. The third-order valence-corrected chi connectivity index (χ3v) is 2.70. The largest absolute Gasteiger partial charge is 0.391 e. The zero-order chi connectivity index (χ0) is 12.8. The predicted octanol–water partition coefficient (Wildman–Crippen LogP) is 4.18. The Labute approximate surface area is 105 Å². The first-order chi connectivity index (χ1) is 8.00. The lowest BCUT2D eigenvalue weighted by molar-refractivity contribution is 0.127. The van der Waals surface area contributed by atoms with E-state index in [1.165, 1.54) is 5.56 Å². The summed E-state index contributed by atoms with van der Waals surface area (Å²) in [7, 11) is 0. The van der Waals surface area contributed by atoms with Gasteiger partial charge in [0.25, 0.3) is 0 Å². The van der Waals surface area contributed by atoms with Crippen LogP contribution in [0.1, 0.15) is 38.8 Å². The van der Waals surface area contributed by atoms with E-state index in [0.717, 1.165) is 11.3 Å². The molecule has 17 heavy (non-hydrogen) atoms. The third kappa shape index (κ3) is 4.59. The highest BCUT2D eigenvalue weighted by molar-refractivity contribution is 5.87. The number of hydrogen-bond acceptors (Lipinski definition) is 2. The molecule has 0 amide bonds. The maximum atomic E-state index is 5.43. The summed E-state index contributed by atoms with van der Waals surface area (Å²) >= 11 is 0. The van der Waals surface area contributed by atoms with Crippen molar-refractivity contribution in [2.45, 2.75) is 41.2 Å². The lowest BCUT2D eigenvalue weighted by Gasteiger charge is -2.13. The fourth-order valence-corrected chi connectivity index (χ4v) is 1.74. The molecule has 1 rings (SSSR count). The molecule has 0 aliphatic heterocycles. The molecule has 1 aromatic rings. The minimum Gasteiger partial charge on any atom is -0.391 e. The molecular weight excluding hydrogens is 210 g/mol. The van der Waals surface area contributed by atoms with E-state index in [4.69, 9.17) is 4.84 Å². The molecule has 0 saturated carbocycles. The van der Waals surface area contributed by atoms with Gasteiger partial charge in [0, 0.05) is 0 Å². The van der Waals surface area contributed by atoms with Crippen molar-refractivity contribution in [2.75, 3.05) is 0 Å². The van der Waals surface area contributed by atoms with E-state index in [-0.39, 0.29) is 0 Å². The van der Waals surface area contributed by atoms with Gasteiger partial charge in [-0.1, -0.05) is 62.7 Å². The van der Waals surface area contributed by atoms with Gasteiger partial charge < -0.3 is 4.84 Å². The van der Waals surface area contributed by atoms with Gasteiger partial charge >= 0.3 is 0 Å². The number of aryl methyl sites for hydroxylation is 1. The number of rotatable bonds is 5. The Morgan fingerprint density at radius 2 is 1.59 bits per heavy atom. The monoisotopic (exact) mass is 233 g/mol. The minimum atomic E-state index is 0.438. The highest BCUT2D eigenvalue weighted by Gasteiger charge is 2.10. The molecule has 0 radical (unpaired) electrons. The van der Waals surface area contributed by atoms with Crippen LogP contribution < -0.4 is 0 Å². The van der Waals surface area contributed by atoms with E-state index >= 15 is 0 Å². The summed E-state index contributed by atoms with van der Waals surface area (Å²) in [5.74, 6) is 0.876. The Balaban J connectivity index is 2.55. The molecule has 0 N–H and O–H groups in total. The maximum Gasteiger partial charge on any atom is 0.142 e. The second kappa shape index (κ2) is 6.43. The zero-order valence-electron chi connectivity index (χ0n) is 11.5. The summed E-state index contributed by atoms with van der Waals surface area (Å²) in [5, 5.41) is 4.26. The van der Waals surface area contributed by atoms with Crippen molar-refractivity contribution >= 4 is 5.71 Å². The molecule has 0 atom stereocenters. The van der Waals surface area contributed by atoms with Gasteiger partial charge in [-0.3, -0.25) is 0 Å². The molecule has 0 fully saturated rings. The first-order valence-corrected chi connectivity index (χ1v) is 6.26. The average Bonchev–Trinajstić information content (AvgIpc) is 2.25. The normalized spacial score (nSPS) is 10.8. The van der Waals surface area contributed by atoms with Gasteiger partial charge in [0.15, 0.2) is 0 Å². The summed E-state index contributed by atoms with van der Waals surface area (Å²) < 4.78 is 0. The fraction of sp³-hybridized carbons (Fsp3) is 0.533. The summed E-state index contributed by atoms with van der Waals surface area (Å²) in [6, 6.07) is 8.34. The first kappa shape index (κ1) is 13.8. The standard InChI is InChI=1S/C15H23NO/c1-11(2)15(12(3)4)16-17-10-14-8-6-13(5)7-9-14/h6-9,11-12H,10H2,1-5H3. The van der Waals surface area contributed by atoms with Crippen LogP contribution in [0.3, 0.4) is 0 Å². The summed E-state index contributed by atoms with van der Waals surface area (Å²) in [5.41, 5.74) is 3.55. The van der Waals surface area contributed by atoms with Crippen molar-refractivity contribution in [2.24, 2.45) is 17.0 Å². The highest BCUT2D eigenvalue weighted by Crippen LogP contribution is 2.10. The highest BCUT2D eigenvalue weighted by atomic mass is 16.6. The average molecular weight is 233 g/mol. The van der Waals surface area contributed by atoms with Gasteiger partial charge in [-0.2, -0.15) is 0 Å². The van der Waals surface area contributed by atoms with E-state index in [1.54, 1.807) is 0 Å². The summed E-state index contributed by atoms with van der Waals surface area (Å²) in [6.07, 6.45) is 0. The molecule has 0 saturated heterocycles. The van der Waals surface area contributed by atoms with Crippen molar-refractivity contribution < 1.29 is 4.84 Å². The van der Waals surface area contributed by atoms with Gasteiger partial charge in [0.05, 0.1) is 5.71 Å². The van der Waals surface area contributed by atoms with Crippen LogP contribution in [-0.4, -0.2) is 5.71 Å². The van der Waals surface area contributed by atoms with Crippen molar-refractivity contribution in [3.63, 3.8) is 0 Å². The van der Waals surface area contributed by atoms with Crippen LogP contribution in [-0.2, 0) is 11.4 Å². The van der Waals surface area contributed by atoms with Crippen LogP contribution in [0.4, 0.5) is 0 Å². The molecule has 0 bridgehead atoms. The molecule has 0 unspecified atom stereocenters. The molecule has 0 aliphatic rings. The number of benzene rings is 1. The molecule has 0 aliphatic carbocycles. The molecule has 1 aromatic carbocycles. The number of hydrogen-bond donors (Lipinski definition) is 0. The Hall–Kier alpha value is -1.31. The minimum absolute atomic E-state index is 0.438. The van der Waals surface area contributed by atoms with Crippen molar-refractivity contribution in [3.8, 4) is 0 Å². The van der Waals surface area contributed by atoms with Crippen LogP contribution in [0.25, 0.3) is 0 Å². The lowest BCUT2D eigenvalue weighted by Crippen LogP contribution is -2.15. The second-order valence-corrected chi connectivity index (χ2v) is 5.08. The van der Waals surface area contributed by atoms with Gasteiger partial charge in [-0.15, -0.1) is 0 Å². The molecule has 0 aromatic heterocycles. The predicted molar refractivity (Wildman–Crippen MR) is 73.1 cm³/mol. The number of nitrogens with zero attached hydrogens (tertiary/aromatic N) is 1. The van der Waals surface area contributed by atoms with Crippen molar-refractivity contribution in [1.29, 1.82) is 0 Å². The first-order valence-electron chi connectivity index (χ1n) is 6.26. The van der Waals surface area contributed by atoms with Crippen LogP contribution in [0.5, 0.6) is 0 Å². The van der Waals surface area contributed by atoms with Crippen molar-refractivity contribution in [1.82, 2.24) is 0 Å². The van der Waals surface area contributed by atoms with E-state index in [2.05, 4.69) is 64.0 Å². The SMILES string of the molecule is Cc1ccc(CON=C(C(C)C)C(C)C)cc1.